The fraction of sp³-hybridized carbons (Fsp3) is 0.600. The topological polar surface area (TPSA) is 45.7 Å². The predicted octanol–water partition coefficient (Wildman–Crippen LogP) is 2.58. The Balaban J connectivity index is 1.93. The first-order valence-corrected chi connectivity index (χ1v) is 7.12. The van der Waals surface area contributed by atoms with Gasteiger partial charge >= 0.3 is 6.09 Å². The third-order valence-corrected chi connectivity index (χ3v) is 4.24. The van der Waals surface area contributed by atoms with Crippen LogP contribution in [0.1, 0.15) is 38.3 Å². The molecule has 0 spiro atoms. The first-order valence-electron chi connectivity index (χ1n) is 7.12. The molecule has 20 heavy (non-hydrogen) atoms. The van der Waals surface area contributed by atoms with Gasteiger partial charge in [0, 0.05) is 12.2 Å². The zero-order valence-corrected chi connectivity index (χ0v) is 12.3. The van der Waals surface area contributed by atoms with Crippen molar-refractivity contribution in [2.24, 2.45) is 0 Å². The van der Waals surface area contributed by atoms with E-state index in [1.807, 2.05) is 26.0 Å². The van der Waals surface area contributed by atoms with Gasteiger partial charge in [0.1, 0.15) is 12.4 Å². The van der Waals surface area contributed by atoms with Crippen molar-refractivity contribution in [1.82, 2.24) is 9.88 Å². The van der Waals surface area contributed by atoms with Crippen LogP contribution >= 0.6 is 0 Å². The lowest BCUT2D eigenvalue weighted by Crippen LogP contribution is -2.42. The van der Waals surface area contributed by atoms with Crippen molar-refractivity contribution in [3.63, 3.8) is 0 Å². The zero-order valence-electron chi connectivity index (χ0n) is 12.3. The van der Waals surface area contributed by atoms with E-state index in [4.69, 9.17) is 4.74 Å². The molecule has 0 N–H and O–H groups in total. The number of rotatable bonds is 2. The van der Waals surface area contributed by atoms with Gasteiger partial charge in [0.25, 0.3) is 0 Å². The summed E-state index contributed by atoms with van der Waals surface area (Å²) in [7, 11) is 2.14. The van der Waals surface area contributed by atoms with Crippen LogP contribution in [0.2, 0.25) is 0 Å². The Morgan fingerprint density at radius 3 is 2.85 bits per heavy atom. The molecule has 2 fully saturated rings. The number of pyridine rings is 1. The van der Waals surface area contributed by atoms with Crippen molar-refractivity contribution < 1.29 is 9.53 Å². The van der Waals surface area contributed by atoms with Gasteiger partial charge in [-0.3, -0.25) is 9.80 Å². The second-order valence-corrected chi connectivity index (χ2v) is 6.29. The van der Waals surface area contributed by atoms with Crippen LogP contribution in [0, 0.1) is 0 Å². The predicted molar refractivity (Wildman–Crippen MR) is 76.7 cm³/mol. The standard InChI is InChI=1S/C15H21N3O2/c1-15(2)10-20-14(19)18(15)13-9-11(6-7-16-13)12-5-4-8-17(12)3/h6-7,9,12H,4-5,8,10H2,1-3H3/t12-/m1/s1. The van der Waals surface area contributed by atoms with Crippen molar-refractivity contribution in [2.45, 2.75) is 38.3 Å². The van der Waals surface area contributed by atoms with E-state index in [1.165, 1.54) is 12.0 Å². The average Bonchev–Trinajstić information content (AvgIpc) is 2.93. The second kappa shape index (κ2) is 4.74. The summed E-state index contributed by atoms with van der Waals surface area (Å²) in [5.41, 5.74) is 0.884. The summed E-state index contributed by atoms with van der Waals surface area (Å²) in [5, 5.41) is 0. The Morgan fingerprint density at radius 1 is 1.45 bits per heavy atom. The summed E-state index contributed by atoms with van der Waals surface area (Å²) in [5.74, 6) is 0.690. The number of amides is 1. The third kappa shape index (κ3) is 2.16. The number of hydrogen-bond donors (Lipinski definition) is 0. The number of anilines is 1. The Morgan fingerprint density at radius 2 is 2.25 bits per heavy atom. The lowest BCUT2D eigenvalue weighted by Gasteiger charge is -2.28. The molecule has 0 aromatic carbocycles. The van der Waals surface area contributed by atoms with Gasteiger partial charge in [0.15, 0.2) is 0 Å². The minimum atomic E-state index is -0.343. The van der Waals surface area contributed by atoms with Crippen LogP contribution in [0.5, 0.6) is 0 Å². The second-order valence-electron chi connectivity index (χ2n) is 6.29. The molecule has 2 aliphatic rings. The lowest BCUT2D eigenvalue weighted by molar-refractivity contribution is 0.175. The molecule has 0 bridgehead atoms. The van der Waals surface area contributed by atoms with Gasteiger partial charge in [-0.1, -0.05) is 0 Å². The molecule has 3 heterocycles. The van der Waals surface area contributed by atoms with Crippen LogP contribution in [0.3, 0.4) is 0 Å². The molecule has 5 heteroatoms. The number of nitrogens with zero attached hydrogens (tertiary/aromatic N) is 3. The van der Waals surface area contributed by atoms with Crippen molar-refractivity contribution in [1.29, 1.82) is 0 Å². The summed E-state index contributed by atoms with van der Waals surface area (Å²) >= 11 is 0. The molecule has 1 amide bonds. The quantitative estimate of drug-likeness (QED) is 0.832. The fourth-order valence-electron chi connectivity index (χ4n) is 3.11. The van der Waals surface area contributed by atoms with Crippen molar-refractivity contribution in [3.05, 3.63) is 23.9 Å². The van der Waals surface area contributed by atoms with E-state index in [-0.39, 0.29) is 11.6 Å². The number of ether oxygens (including phenoxy) is 1. The average molecular weight is 275 g/mol. The number of carbonyl (C=O) groups is 1. The first-order chi connectivity index (χ1) is 9.49. The van der Waals surface area contributed by atoms with Gasteiger partial charge in [0.05, 0.1) is 5.54 Å². The Bertz CT molecular complexity index is 530. The molecule has 3 rings (SSSR count). The Labute approximate surface area is 119 Å². The third-order valence-electron chi connectivity index (χ3n) is 4.24. The molecule has 0 unspecified atom stereocenters. The van der Waals surface area contributed by atoms with E-state index in [9.17, 15) is 4.79 Å². The maximum atomic E-state index is 11.9. The molecule has 0 radical (unpaired) electrons. The van der Waals surface area contributed by atoms with E-state index in [0.717, 1.165) is 13.0 Å². The fourth-order valence-corrected chi connectivity index (χ4v) is 3.11. The highest BCUT2D eigenvalue weighted by Gasteiger charge is 2.42. The van der Waals surface area contributed by atoms with Gasteiger partial charge < -0.3 is 4.74 Å². The van der Waals surface area contributed by atoms with Gasteiger partial charge in [-0.05, 0) is 58.0 Å². The van der Waals surface area contributed by atoms with E-state index < -0.39 is 0 Å². The summed E-state index contributed by atoms with van der Waals surface area (Å²) in [6, 6.07) is 4.50. The Hall–Kier alpha value is -1.62. The lowest BCUT2D eigenvalue weighted by atomic mass is 10.0. The largest absolute Gasteiger partial charge is 0.447 e. The SMILES string of the molecule is CN1CCC[C@@H]1c1ccnc(N2C(=O)OCC2(C)C)c1. The van der Waals surface area contributed by atoms with Crippen LogP contribution in [-0.2, 0) is 4.74 Å². The van der Waals surface area contributed by atoms with Gasteiger partial charge in [-0.15, -0.1) is 0 Å². The molecular weight excluding hydrogens is 254 g/mol. The normalized spacial score (nSPS) is 26.1. The van der Waals surface area contributed by atoms with Crippen LogP contribution < -0.4 is 4.90 Å². The van der Waals surface area contributed by atoms with Crippen LogP contribution in [0.4, 0.5) is 10.6 Å². The van der Waals surface area contributed by atoms with Gasteiger partial charge in [0.2, 0.25) is 0 Å². The Kier molecular flexibility index (Phi) is 3.17. The maximum Gasteiger partial charge on any atom is 0.416 e. The molecular formula is C15H21N3O2. The van der Waals surface area contributed by atoms with E-state index in [2.05, 4.69) is 16.9 Å². The highest BCUT2D eigenvalue weighted by molar-refractivity contribution is 5.90. The van der Waals surface area contributed by atoms with Crippen molar-refractivity contribution in [3.8, 4) is 0 Å². The highest BCUT2D eigenvalue weighted by atomic mass is 16.6. The number of hydrogen-bond acceptors (Lipinski definition) is 4. The summed E-state index contributed by atoms with van der Waals surface area (Å²) in [4.78, 5) is 20.3. The van der Waals surface area contributed by atoms with Crippen LogP contribution in [0.25, 0.3) is 0 Å². The summed E-state index contributed by atoms with van der Waals surface area (Å²) in [6.07, 6.45) is 3.86. The molecule has 1 aromatic rings. The maximum absolute atomic E-state index is 11.9. The number of carbonyl (C=O) groups excluding carboxylic acids is 1. The first kappa shape index (κ1) is 13.4. The monoisotopic (exact) mass is 275 g/mol. The molecule has 2 saturated heterocycles. The smallest absolute Gasteiger partial charge is 0.416 e. The molecule has 108 valence electrons. The summed E-state index contributed by atoms with van der Waals surface area (Å²) in [6.45, 7) is 5.52. The molecule has 2 aliphatic heterocycles. The van der Waals surface area contributed by atoms with E-state index in [1.54, 1.807) is 11.1 Å². The summed E-state index contributed by atoms with van der Waals surface area (Å²) < 4.78 is 5.16. The molecule has 0 saturated carbocycles. The minimum absolute atomic E-state index is 0.306. The molecule has 1 atom stereocenters. The number of cyclic esters (lactones) is 1. The molecule has 0 aliphatic carbocycles. The number of likely N-dealkylation sites (tertiary alicyclic amines) is 1. The van der Waals surface area contributed by atoms with E-state index in [0.29, 0.717) is 18.5 Å². The zero-order chi connectivity index (χ0) is 14.3. The molecule has 1 aromatic heterocycles. The minimum Gasteiger partial charge on any atom is -0.447 e. The van der Waals surface area contributed by atoms with Crippen LogP contribution in [-0.4, -0.2) is 41.7 Å². The van der Waals surface area contributed by atoms with Crippen molar-refractivity contribution >= 4 is 11.9 Å². The van der Waals surface area contributed by atoms with Gasteiger partial charge in [-0.2, -0.15) is 0 Å². The van der Waals surface area contributed by atoms with E-state index >= 15 is 0 Å². The van der Waals surface area contributed by atoms with Crippen LogP contribution in [0.15, 0.2) is 18.3 Å². The van der Waals surface area contributed by atoms with Gasteiger partial charge in [-0.25, -0.2) is 9.78 Å². The molecule has 5 nitrogen and oxygen atoms in total. The van der Waals surface area contributed by atoms with Crippen molar-refractivity contribution in [2.75, 3.05) is 25.1 Å². The highest BCUT2D eigenvalue weighted by Crippen LogP contribution is 2.34. The number of aromatic nitrogens is 1.